The number of likely N-dealkylation sites (N-methyl/N-ethyl adjacent to an activating group) is 1. The van der Waals surface area contributed by atoms with Gasteiger partial charge in [0.15, 0.2) is 0 Å². The first-order chi connectivity index (χ1) is 8.75. The van der Waals surface area contributed by atoms with Crippen LogP contribution in [-0.2, 0) is 16.1 Å². The minimum absolute atomic E-state index is 0.162. The van der Waals surface area contributed by atoms with Gasteiger partial charge in [0.2, 0.25) is 5.91 Å². The van der Waals surface area contributed by atoms with Crippen molar-refractivity contribution in [2.75, 3.05) is 39.9 Å². The number of rotatable bonds is 1. The molecule has 1 unspecified atom stereocenters. The Bertz CT molecular complexity index is 439. The normalized spacial score (nSPS) is 24.9. The third kappa shape index (κ3) is 2.02. The molecule has 3 rings (SSSR count). The van der Waals surface area contributed by atoms with E-state index in [1.165, 1.54) is 0 Å². The molecule has 0 N–H and O–H groups in total. The van der Waals surface area contributed by atoms with E-state index >= 15 is 0 Å². The van der Waals surface area contributed by atoms with Crippen LogP contribution in [0.4, 0.5) is 0 Å². The van der Waals surface area contributed by atoms with Crippen molar-refractivity contribution < 1.29 is 9.53 Å². The molecule has 2 aliphatic heterocycles. The molecule has 1 atom stereocenters. The average Bonchev–Trinajstić information content (AvgIpc) is 2.86. The maximum absolute atomic E-state index is 12.5. The zero-order chi connectivity index (χ0) is 12.5. The maximum Gasteiger partial charge on any atom is 0.248 e. The Morgan fingerprint density at radius 1 is 1.44 bits per heavy atom. The molecule has 1 amide bonds. The van der Waals surface area contributed by atoms with E-state index in [1.807, 2.05) is 22.7 Å². The van der Waals surface area contributed by atoms with Crippen molar-refractivity contribution in [2.45, 2.75) is 12.6 Å². The zero-order valence-electron chi connectivity index (χ0n) is 10.6. The SMILES string of the molecule is CN1Cc2ccnn2C(C(=O)N2CCOCC2)C1. The van der Waals surface area contributed by atoms with Gasteiger partial charge in [0, 0.05) is 32.4 Å². The summed E-state index contributed by atoms with van der Waals surface area (Å²) in [6, 6.07) is 1.79. The monoisotopic (exact) mass is 250 g/mol. The van der Waals surface area contributed by atoms with Crippen molar-refractivity contribution in [3.63, 3.8) is 0 Å². The Labute approximate surface area is 106 Å². The first-order valence-electron chi connectivity index (χ1n) is 6.33. The molecule has 0 spiro atoms. The van der Waals surface area contributed by atoms with Crippen LogP contribution >= 0.6 is 0 Å². The van der Waals surface area contributed by atoms with Crippen molar-refractivity contribution in [3.05, 3.63) is 18.0 Å². The lowest BCUT2D eigenvalue weighted by Crippen LogP contribution is -2.49. The number of aromatic nitrogens is 2. The number of ether oxygens (including phenoxy) is 1. The summed E-state index contributed by atoms with van der Waals surface area (Å²) < 4.78 is 7.16. The molecule has 0 bridgehead atoms. The molecular formula is C12H18N4O2. The number of hydrogen-bond acceptors (Lipinski definition) is 4. The molecule has 0 radical (unpaired) electrons. The topological polar surface area (TPSA) is 50.6 Å². The molecule has 1 saturated heterocycles. The maximum atomic E-state index is 12.5. The number of nitrogens with zero attached hydrogens (tertiary/aromatic N) is 4. The van der Waals surface area contributed by atoms with Crippen molar-refractivity contribution in [1.82, 2.24) is 19.6 Å². The first-order valence-corrected chi connectivity index (χ1v) is 6.33. The summed E-state index contributed by atoms with van der Waals surface area (Å²) in [6.07, 6.45) is 1.77. The van der Waals surface area contributed by atoms with Crippen LogP contribution in [-0.4, -0.2) is 65.4 Å². The molecule has 6 heteroatoms. The number of morpholine rings is 1. The fourth-order valence-electron chi connectivity index (χ4n) is 2.64. The van der Waals surface area contributed by atoms with E-state index < -0.39 is 0 Å². The summed E-state index contributed by atoms with van der Waals surface area (Å²) in [5, 5.41) is 4.30. The molecule has 0 saturated carbocycles. The highest BCUT2D eigenvalue weighted by Crippen LogP contribution is 2.21. The van der Waals surface area contributed by atoms with E-state index in [9.17, 15) is 4.79 Å². The van der Waals surface area contributed by atoms with Gasteiger partial charge in [0.25, 0.3) is 0 Å². The van der Waals surface area contributed by atoms with Crippen molar-refractivity contribution in [3.8, 4) is 0 Å². The van der Waals surface area contributed by atoms with E-state index in [1.54, 1.807) is 6.20 Å². The molecule has 3 heterocycles. The fourth-order valence-corrected chi connectivity index (χ4v) is 2.64. The molecule has 0 aliphatic carbocycles. The Kier molecular flexibility index (Phi) is 3.05. The van der Waals surface area contributed by atoms with Crippen LogP contribution in [0.5, 0.6) is 0 Å². The molecule has 18 heavy (non-hydrogen) atoms. The van der Waals surface area contributed by atoms with Crippen LogP contribution in [0.25, 0.3) is 0 Å². The van der Waals surface area contributed by atoms with E-state index in [-0.39, 0.29) is 11.9 Å². The molecule has 1 aromatic rings. The molecule has 1 aromatic heterocycles. The number of carbonyl (C=O) groups is 1. The molecule has 0 aromatic carbocycles. The summed E-state index contributed by atoms with van der Waals surface area (Å²) >= 11 is 0. The quantitative estimate of drug-likeness (QED) is 0.688. The van der Waals surface area contributed by atoms with Crippen LogP contribution < -0.4 is 0 Å². The lowest BCUT2D eigenvalue weighted by atomic mass is 10.1. The average molecular weight is 250 g/mol. The predicted octanol–water partition coefficient (Wildman–Crippen LogP) is -0.272. The summed E-state index contributed by atoms with van der Waals surface area (Å²) in [6.45, 7) is 4.24. The Morgan fingerprint density at radius 2 is 2.22 bits per heavy atom. The zero-order valence-corrected chi connectivity index (χ0v) is 10.6. The summed E-state index contributed by atoms with van der Waals surface area (Å²) in [4.78, 5) is 16.6. The smallest absolute Gasteiger partial charge is 0.248 e. The molecular weight excluding hydrogens is 232 g/mol. The lowest BCUT2D eigenvalue weighted by molar-refractivity contribution is -0.140. The Morgan fingerprint density at radius 3 is 3.00 bits per heavy atom. The van der Waals surface area contributed by atoms with Crippen LogP contribution in [0.1, 0.15) is 11.7 Å². The van der Waals surface area contributed by atoms with Gasteiger partial charge in [0.05, 0.1) is 18.9 Å². The summed E-state index contributed by atoms with van der Waals surface area (Å²) in [5.41, 5.74) is 1.11. The summed E-state index contributed by atoms with van der Waals surface area (Å²) in [7, 11) is 2.04. The largest absolute Gasteiger partial charge is 0.378 e. The highest BCUT2D eigenvalue weighted by molar-refractivity contribution is 5.81. The van der Waals surface area contributed by atoms with Gasteiger partial charge >= 0.3 is 0 Å². The van der Waals surface area contributed by atoms with Gasteiger partial charge < -0.3 is 9.64 Å². The second kappa shape index (κ2) is 4.70. The van der Waals surface area contributed by atoms with Gasteiger partial charge in [-0.15, -0.1) is 0 Å². The molecule has 98 valence electrons. The standard InChI is InChI=1S/C12H18N4O2/c1-14-8-10-2-3-13-16(10)11(9-14)12(17)15-4-6-18-7-5-15/h2-3,11H,4-9H2,1H3. The molecule has 2 aliphatic rings. The Balaban J connectivity index is 1.81. The molecule has 6 nitrogen and oxygen atoms in total. The number of amides is 1. The van der Waals surface area contributed by atoms with E-state index in [0.29, 0.717) is 26.3 Å². The number of fused-ring (bicyclic) bond motifs is 1. The fraction of sp³-hybridized carbons (Fsp3) is 0.667. The van der Waals surface area contributed by atoms with Crippen molar-refractivity contribution >= 4 is 5.91 Å². The van der Waals surface area contributed by atoms with Gasteiger partial charge in [-0.25, -0.2) is 0 Å². The van der Waals surface area contributed by atoms with Crippen molar-refractivity contribution in [2.24, 2.45) is 0 Å². The van der Waals surface area contributed by atoms with Crippen LogP contribution in [0.3, 0.4) is 0 Å². The third-order valence-electron chi connectivity index (χ3n) is 3.57. The Hall–Kier alpha value is -1.40. The second-order valence-electron chi connectivity index (χ2n) is 4.92. The summed E-state index contributed by atoms with van der Waals surface area (Å²) in [5.74, 6) is 0.162. The van der Waals surface area contributed by atoms with Crippen LogP contribution in [0.15, 0.2) is 12.3 Å². The van der Waals surface area contributed by atoms with Gasteiger partial charge in [-0.3, -0.25) is 14.4 Å². The van der Waals surface area contributed by atoms with E-state index in [4.69, 9.17) is 4.74 Å². The van der Waals surface area contributed by atoms with Crippen LogP contribution in [0.2, 0.25) is 0 Å². The molecule has 1 fully saturated rings. The highest BCUT2D eigenvalue weighted by atomic mass is 16.5. The number of carbonyl (C=O) groups excluding carboxylic acids is 1. The van der Waals surface area contributed by atoms with Crippen LogP contribution in [0, 0.1) is 0 Å². The number of hydrogen-bond donors (Lipinski definition) is 0. The first kappa shape index (κ1) is 11.7. The highest BCUT2D eigenvalue weighted by Gasteiger charge is 2.32. The minimum atomic E-state index is -0.188. The lowest BCUT2D eigenvalue weighted by Gasteiger charge is -2.35. The minimum Gasteiger partial charge on any atom is -0.378 e. The van der Waals surface area contributed by atoms with Crippen molar-refractivity contribution in [1.29, 1.82) is 0 Å². The second-order valence-corrected chi connectivity index (χ2v) is 4.92. The third-order valence-corrected chi connectivity index (χ3v) is 3.57. The van der Waals surface area contributed by atoms with Gasteiger partial charge in [-0.1, -0.05) is 0 Å². The predicted molar refractivity (Wildman–Crippen MR) is 65.0 cm³/mol. The van der Waals surface area contributed by atoms with Gasteiger partial charge in [0.1, 0.15) is 6.04 Å². The van der Waals surface area contributed by atoms with Gasteiger partial charge in [-0.2, -0.15) is 5.10 Å². The van der Waals surface area contributed by atoms with Gasteiger partial charge in [-0.05, 0) is 13.1 Å². The van der Waals surface area contributed by atoms with E-state index in [2.05, 4.69) is 10.00 Å². The van der Waals surface area contributed by atoms with E-state index in [0.717, 1.165) is 18.8 Å².